The molecule has 6 nitrogen and oxygen atoms in total. The maximum Gasteiger partial charge on any atom is 0.254 e. The van der Waals surface area contributed by atoms with Crippen molar-refractivity contribution in [3.63, 3.8) is 0 Å². The van der Waals surface area contributed by atoms with Gasteiger partial charge in [0.15, 0.2) is 11.6 Å². The maximum atomic E-state index is 12.7. The maximum absolute atomic E-state index is 12.7. The summed E-state index contributed by atoms with van der Waals surface area (Å²) < 4.78 is 1.08. The molecule has 0 atom stereocenters. The molecule has 0 unspecified atom stereocenters. The molecule has 1 aromatic heterocycles. The summed E-state index contributed by atoms with van der Waals surface area (Å²) >= 11 is 2.24. The highest BCUT2D eigenvalue weighted by Crippen LogP contribution is 2.22. The highest BCUT2D eigenvalue weighted by Gasteiger charge is 2.24. The smallest absolute Gasteiger partial charge is 0.254 e. The Hall–Kier alpha value is -1.90. The van der Waals surface area contributed by atoms with Crippen molar-refractivity contribution in [3.8, 4) is 0 Å². The highest BCUT2D eigenvalue weighted by atomic mass is 127. The van der Waals surface area contributed by atoms with Crippen LogP contribution in [0.1, 0.15) is 30.1 Å². The monoisotopic (exact) mass is 491 g/mol. The number of hydrogen-bond donors (Lipinski definition) is 0. The molecule has 0 saturated carbocycles. The second kappa shape index (κ2) is 8.63. The number of carbonyl (C=O) groups excluding carboxylic acids is 1. The third-order valence-electron chi connectivity index (χ3n) is 5.71. The van der Waals surface area contributed by atoms with Crippen LogP contribution >= 0.6 is 22.6 Å². The molecule has 0 aliphatic carbocycles. The van der Waals surface area contributed by atoms with Gasteiger partial charge in [-0.25, -0.2) is 0 Å². The quantitative estimate of drug-likeness (QED) is 0.618. The van der Waals surface area contributed by atoms with E-state index in [-0.39, 0.29) is 5.91 Å². The summed E-state index contributed by atoms with van der Waals surface area (Å²) in [5.74, 6) is 2.79. The van der Waals surface area contributed by atoms with Gasteiger partial charge in [0, 0.05) is 48.4 Å². The number of aromatic nitrogens is 2. The Balaban J connectivity index is 1.34. The molecule has 2 saturated heterocycles. The third-order valence-corrected chi connectivity index (χ3v) is 6.38. The van der Waals surface area contributed by atoms with Crippen molar-refractivity contribution < 1.29 is 4.79 Å². The number of anilines is 2. The van der Waals surface area contributed by atoms with Gasteiger partial charge >= 0.3 is 0 Å². The highest BCUT2D eigenvalue weighted by molar-refractivity contribution is 14.1. The van der Waals surface area contributed by atoms with Crippen molar-refractivity contribution in [2.45, 2.75) is 19.8 Å². The van der Waals surface area contributed by atoms with Gasteiger partial charge in [-0.1, -0.05) is 13.0 Å². The van der Waals surface area contributed by atoms with E-state index in [9.17, 15) is 4.79 Å². The molecule has 1 aromatic carbocycles. The zero-order valence-electron chi connectivity index (χ0n) is 16.2. The molecule has 3 heterocycles. The number of piperidine rings is 1. The molecule has 4 rings (SSSR count). The summed E-state index contributed by atoms with van der Waals surface area (Å²) in [6, 6.07) is 11.9. The molecule has 2 aromatic rings. The molecule has 1 amide bonds. The average Bonchev–Trinajstić information content (AvgIpc) is 2.74. The van der Waals surface area contributed by atoms with Crippen LogP contribution in [0.2, 0.25) is 0 Å². The lowest BCUT2D eigenvalue weighted by Gasteiger charge is -2.35. The summed E-state index contributed by atoms with van der Waals surface area (Å²) in [5.41, 5.74) is 0.764. The minimum Gasteiger partial charge on any atom is -0.355 e. The van der Waals surface area contributed by atoms with Gasteiger partial charge in [0.1, 0.15) is 0 Å². The van der Waals surface area contributed by atoms with Crippen LogP contribution in [-0.2, 0) is 0 Å². The topological polar surface area (TPSA) is 52.6 Å². The molecular formula is C21H26IN5O. The minimum absolute atomic E-state index is 0.110. The van der Waals surface area contributed by atoms with Crippen molar-refractivity contribution in [3.05, 3.63) is 45.5 Å². The van der Waals surface area contributed by atoms with Gasteiger partial charge in [0.05, 0.1) is 0 Å². The van der Waals surface area contributed by atoms with Gasteiger partial charge in [0.2, 0.25) is 0 Å². The minimum atomic E-state index is 0.110. The molecular weight excluding hydrogens is 465 g/mol. The fraction of sp³-hybridized carbons (Fsp3) is 0.476. The Morgan fingerprint density at radius 1 is 0.929 bits per heavy atom. The van der Waals surface area contributed by atoms with Gasteiger partial charge in [-0.05, 0) is 71.7 Å². The second-order valence-electron chi connectivity index (χ2n) is 7.71. The number of piperazine rings is 1. The number of carbonyl (C=O) groups is 1. The van der Waals surface area contributed by atoms with Crippen LogP contribution in [-0.4, -0.2) is 60.3 Å². The predicted octanol–water partition coefficient (Wildman–Crippen LogP) is 3.28. The SMILES string of the molecule is CC1CCN(c2ccc(N3CCN(C(=O)c4cccc(I)c4)CC3)nn2)CC1. The predicted molar refractivity (Wildman–Crippen MR) is 120 cm³/mol. The Bertz CT molecular complexity index is 812. The molecule has 28 heavy (non-hydrogen) atoms. The van der Waals surface area contributed by atoms with E-state index >= 15 is 0 Å². The summed E-state index contributed by atoms with van der Waals surface area (Å²) in [7, 11) is 0. The molecule has 0 spiro atoms. The number of rotatable bonds is 3. The van der Waals surface area contributed by atoms with E-state index in [4.69, 9.17) is 0 Å². The molecule has 0 bridgehead atoms. The van der Waals surface area contributed by atoms with Gasteiger partial charge in [-0.3, -0.25) is 4.79 Å². The summed E-state index contributed by atoms with van der Waals surface area (Å²) in [6.07, 6.45) is 2.44. The summed E-state index contributed by atoms with van der Waals surface area (Å²) in [6.45, 7) is 7.42. The molecule has 0 N–H and O–H groups in total. The van der Waals surface area contributed by atoms with Crippen molar-refractivity contribution in [2.24, 2.45) is 5.92 Å². The average molecular weight is 491 g/mol. The van der Waals surface area contributed by atoms with E-state index in [1.165, 1.54) is 12.8 Å². The van der Waals surface area contributed by atoms with E-state index in [0.29, 0.717) is 13.1 Å². The number of halogens is 1. The molecule has 148 valence electrons. The van der Waals surface area contributed by atoms with Gasteiger partial charge in [0.25, 0.3) is 5.91 Å². The first-order valence-corrected chi connectivity index (χ1v) is 11.1. The van der Waals surface area contributed by atoms with Crippen LogP contribution in [0.3, 0.4) is 0 Å². The van der Waals surface area contributed by atoms with Crippen LogP contribution in [0.5, 0.6) is 0 Å². The van der Waals surface area contributed by atoms with Crippen molar-refractivity contribution >= 4 is 40.1 Å². The Labute approximate surface area is 180 Å². The third kappa shape index (κ3) is 4.39. The number of benzene rings is 1. The lowest BCUT2D eigenvalue weighted by atomic mass is 9.99. The number of hydrogen-bond acceptors (Lipinski definition) is 5. The summed E-state index contributed by atoms with van der Waals surface area (Å²) in [4.78, 5) is 19.2. The molecule has 2 aliphatic rings. The first-order chi connectivity index (χ1) is 13.6. The van der Waals surface area contributed by atoms with Gasteiger partial charge < -0.3 is 14.7 Å². The molecule has 7 heteroatoms. The van der Waals surface area contributed by atoms with E-state index in [2.05, 4.69) is 61.6 Å². The van der Waals surface area contributed by atoms with Crippen LogP contribution in [0.4, 0.5) is 11.6 Å². The Morgan fingerprint density at radius 3 is 2.11 bits per heavy atom. The Kier molecular flexibility index (Phi) is 5.99. The molecule has 2 fully saturated rings. The van der Waals surface area contributed by atoms with Crippen molar-refractivity contribution in [1.29, 1.82) is 0 Å². The van der Waals surface area contributed by atoms with E-state index < -0.39 is 0 Å². The Morgan fingerprint density at radius 2 is 1.54 bits per heavy atom. The van der Waals surface area contributed by atoms with Gasteiger partial charge in [-0.2, -0.15) is 0 Å². The van der Waals surface area contributed by atoms with Crippen LogP contribution in [0.25, 0.3) is 0 Å². The van der Waals surface area contributed by atoms with Crippen LogP contribution in [0, 0.1) is 9.49 Å². The van der Waals surface area contributed by atoms with Gasteiger partial charge in [-0.15, -0.1) is 10.2 Å². The summed E-state index contributed by atoms with van der Waals surface area (Å²) in [5, 5.41) is 8.93. The van der Waals surface area contributed by atoms with E-state index in [1.807, 2.05) is 29.2 Å². The fourth-order valence-electron chi connectivity index (χ4n) is 3.84. The normalized spacial score (nSPS) is 18.4. The van der Waals surface area contributed by atoms with Crippen LogP contribution < -0.4 is 9.80 Å². The van der Waals surface area contributed by atoms with E-state index in [1.54, 1.807) is 0 Å². The molecule has 2 aliphatic heterocycles. The largest absolute Gasteiger partial charge is 0.355 e. The van der Waals surface area contributed by atoms with Crippen molar-refractivity contribution in [1.82, 2.24) is 15.1 Å². The first kappa shape index (κ1) is 19.4. The fourth-order valence-corrected chi connectivity index (χ4v) is 4.38. The second-order valence-corrected chi connectivity index (χ2v) is 8.95. The van der Waals surface area contributed by atoms with E-state index in [0.717, 1.165) is 52.9 Å². The zero-order valence-corrected chi connectivity index (χ0v) is 18.4. The van der Waals surface area contributed by atoms with Crippen molar-refractivity contribution in [2.75, 3.05) is 49.1 Å². The molecule has 0 radical (unpaired) electrons. The lowest BCUT2D eigenvalue weighted by molar-refractivity contribution is 0.0746. The van der Waals surface area contributed by atoms with Crippen LogP contribution in [0.15, 0.2) is 36.4 Å². The number of amides is 1. The standard InChI is InChI=1S/C21H26IN5O/c1-16-7-9-25(10-8-16)19-5-6-20(24-23-19)26-11-13-27(14-12-26)21(28)17-3-2-4-18(22)15-17/h2-6,15-16H,7-14H2,1H3. The lowest BCUT2D eigenvalue weighted by Crippen LogP contribution is -2.49. The first-order valence-electron chi connectivity index (χ1n) is 9.98. The zero-order chi connectivity index (χ0) is 19.5. The number of nitrogens with zero attached hydrogens (tertiary/aromatic N) is 5.